The molecule has 6 nitrogen and oxygen atoms in total. The first-order chi connectivity index (χ1) is 12.8. The Kier molecular flexibility index (Phi) is 4.93. The van der Waals surface area contributed by atoms with Crippen molar-refractivity contribution in [1.82, 2.24) is 25.1 Å². The minimum atomic E-state index is 0.848. The smallest absolute Gasteiger partial charge is 0.225 e. The van der Waals surface area contributed by atoms with Crippen molar-refractivity contribution in [3.05, 3.63) is 60.2 Å². The summed E-state index contributed by atoms with van der Waals surface area (Å²) < 4.78 is 0. The molecule has 6 heteroatoms. The van der Waals surface area contributed by atoms with E-state index in [0.29, 0.717) is 0 Å². The minimum absolute atomic E-state index is 0.848. The van der Waals surface area contributed by atoms with Crippen molar-refractivity contribution in [2.45, 2.75) is 19.9 Å². The second kappa shape index (κ2) is 7.66. The molecule has 0 aliphatic carbocycles. The number of aryl methyl sites for hydroxylation is 1. The summed E-state index contributed by atoms with van der Waals surface area (Å²) in [6.45, 7) is 7.01. The lowest BCUT2D eigenvalue weighted by Gasteiger charge is -2.35. The molecule has 4 rings (SSSR count). The molecule has 3 aromatic rings. The molecule has 1 N–H and O–H groups in total. The highest BCUT2D eigenvalue weighted by atomic mass is 15.3. The third-order valence-electron chi connectivity index (χ3n) is 4.98. The van der Waals surface area contributed by atoms with Crippen LogP contribution in [0.5, 0.6) is 0 Å². The van der Waals surface area contributed by atoms with Crippen molar-refractivity contribution in [2.24, 2.45) is 0 Å². The fourth-order valence-corrected chi connectivity index (χ4v) is 3.38. The molecule has 1 saturated heterocycles. The molecule has 26 heavy (non-hydrogen) atoms. The molecule has 0 atom stereocenters. The van der Waals surface area contributed by atoms with Crippen LogP contribution in [0, 0.1) is 0 Å². The maximum absolute atomic E-state index is 4.52. The number of benzene rings is 1. The minimum Gasteiger partial charge on any atom is -0.338 e. The lowest BCUT2D eigenvalue weighted by Crippen LogP contribution is -2.46. The van der Waals surface area contributed by atoms with E-state index in [1.807, 2.05) is 24.8 Å². The van der Waals surface area contributed by atoms with E-state index in [4.69, 9.17) is 0 Å². The fraction of sp³-hybridized carbons (Fsp3) is 0.350. The quantitative estimate of drug-likeness (QED) is 0.768. The van der Waals surface area contributed by atoms with E-state index < -0.39 is 0 Å². The van der Waals surface area contributed by atoms with Crippen LogP contribution in [0.1, 0.15) is 18.1 Å². The SMILES string of the molecule is CCc1cnc(N2CCN(Cc3ccccc3-c3cn[nH]c3)CC2)nc1. The average Bonchev–Trinajstić information content (AvgIpc) is 3.24. The second-order valence-corrected chi connectivity index (χ2v) is 6.65. The number of rotatable bonds is 5. The molecule has 1 aliphatic heterocycles. The number of anilines is 1. The highest BCUT2D eigenvalue weighted by Gasteiger charge is 2.20. The number of nitrogens with one attached hydrogen (secondary N) is 1. The number of aromatic amines is 1. The van der Waals surface area contributed by atoms with Gasteiger partial charge in [0.1, 0.15) is 0 Å². The zero-order valence-electron chi connectivity index (χ0n) is 15.1. The monoisotopic (exact) mass is 348 g/mol. The van der Waals surface area contributed by atoms with E-state index in [9.17, 15) is 0 Å². The topological polar surface area (TPSA) is 60.9 Å². The highest BCUT2D eigenvalue weighted by molar-refractivity contribution is 5.65. The van der Waals surface area contributed by atoms with Gasteiger partial charge < -0.3 is 4.90 Å². The van der Waals surface area contributed by atoms with Crippen LogP contribution in [-0.4, -0.2) is 51.2 Å². The van der Waals surface area contributed by atoms with E-state index in [-0.39, 0.29) is 0 Å². The average molecular weight is 348 g/mol. The summed E-state index contributed by atoms with van der Waals surface area (Å²) in [6, 6.07) is 8.57. The van der Waals surface area contributed by atoms with Crippen molar-refractivity contribution in [1.29, 1.82) is 0 Å². The standard InChI is InChI=1S/C20H24N6/c1-2-16-11-21-20(22-12-16)26-9-7-25(8-10-26)15-17-5-3-4-6-19(17)18-13-23-24-14-18/h3-6,11-14H,2,7-10,15H2,1H3,(H,23,24). The first-order valence-electron chi connectivity index (χ1n) is 9.19. The van der Waals surface area contributed by atoms with Crippen molar-refractivity contribution < 1.29 is 0 Å². The zero-order chi connectivity index (χ0) is 17.8. The molecule has 3 heterocycles. The Hall–Kier alpha value is -2.73. The van der Waals surface area contributed by atoms with E-state index in [2.05, 4.69) is 61.2 Å². The van der Waals surface area contributed by atoms with Gasteiger partial charge in [-0.3, -0.25) is 10.00 Å². The van der Waals surface area contributed by atoms with Gasteiger partial charge in [0.25, 0.3) is 0 Å². The van der Waals surface area contributed by atoms with Gasteiger partial charge >= 0.3 is 0 Å². The second-order valence-electron chi connectivity index (χ2n) is 6.65. The van der Waals surface area contributed by atoms with Gasteiger partial charge in [0, 0.05) is 56.9 Å². The van der Waals surface area contributed by atoms with Crippen LogP contribution in [0.3, 0.4) is 0 Å². The molecule has 0 saturated carbocycles. The van der Waals surface area contributed by atoms with Crippen molar-refractivity contribution in [3.63, 3.8) is 0 Å². The Morgan fingerprint density at radius 2 is 1.77 bits per heavy atom. The Morgan fingerprint density at radius 1 is 1.00 bits per heavy atom. The predicted octanol–water partition coefficient (Wildman–Crippen LogP) is 2.75. The summed E-state index contributed by atoms with van der Waals surface area (Å²) in [6.07, 6.45) is 8.69. The summed E-state index contributed by atoms with van der Waals surface area (Å²) >= 11 is 0. The molecule has 1 aliphatic rings. The van der Waals surface area contributed by atoms with Gasteiger partial charge in [0.15, 0.2) is 0 Å². The van der Waals surface area contributed by atoms with Crippen LogP contribution in [-0.2, 0) is 13.0 Å². The van der Waals surface area contributed by atoms with Crippen LogP contribution in [0.2, 0.25) is 0 Å². The number of nitrogens with zero attached hydrogens (tertiary/aromatic N) is 5. The maximum atomic E-state index is 4.52. The Bertz CT molecular complexity index is 820. The van der Waals surface area contributed by atoms with Crippen LogP contribution in [0.15, 0.2) is 49.1 Å². The highest BCUT2D eigenvalue weighted by Crippen LogP contribution is 2.24. The number of hydrogen-bond donors (Lipinski definition) is 1. The van der Waals surface area contributed by atoms with Gasteiger partial charge in [0.2, 0.25) is 5.95 Å². The van der Waals surface area contributed by atoms with Gasteiger partial charge in [-0.2, -0.15) is 5.10 Å². The fourth-order valence-electron chi connectivity index (χ4n) is 3.38. The van der Waals surface area contributed by atoms with E-state index >= 15 is 0 Å². The molecule has 2 aromatic heterocycles. The predicted molar refractivity (Wildman–Crippen MR) is 103 cm³/mol. The van der Waals surface area contributed by atoms with Crippen molar-refractivity contribution >= 4 is 5.95 Å². The summed E-state index contributed by atoms with van der Waals surface area (Å²) in [5, 5.41) is 6.99. The van der Waals surface area contributed by atoms with E-state index in [1.165, 1.54) is 16.7 Å². The molecular weight excluding hydrogens is 324 g/mol. The summed E-state index contributed by atoms with van der Waals surface area (Å²) in [7, 11) is 0. The maximum Gasteiger partial charge on any atom is 0.225 e. The Labute approximate surface area is 153 Å². The first-order valence-corrected chi connectivity index (χ1v) is 9.19. The first kappa shape index (κ1) is 16.7. The molecule has 0 unspecified atom stereocenters. The lowest BCUT2D eigenvalue weighted by molar-refractivity contribution is 0.249. The van der Waals surface area contributed by atoms with Crippen molar-refractivity contribution in [3.8, 4) is 11.1 Å². The van der Waals surface area contributed by atoms with Crippen LogP contribution >= 0.6 is 0 Å². The summed E-state index contributed by atoms with van der Waals surface area (Å²) in [4.78, 5) is 13.8. The van der Waals surface area contributed by atoms with Gasteiger partial charge in [-0.1, -0.05) is 31.2 Å². The number of hydrogen-bond acceptors (Lipinski definition) is 5. The largest absolute Gasteiger partial charge is 0.338 e. The summed E-state index contributed by atoms with van der Waals surface area (Å²) in [5.74, 6) is 0.848. The lowest BCUT2D eigenvalue weighted by atomic mass is 10.0. The van der Waals surface area contributed by atoms with E-state index in [1.54, 1.807) is 0 Å². The molecule has 0 amide bonds. The Balaban J connectivity index is 1.40. The third-order valence-corrected chi connectivity index (χ3v) is 4.98. The molecule has 0 bridgehead atoms. The normalized spacial score (nSPS) is 15.3. The number of piperazine rings is 1. The van der Waals surface area contributed by atoms with Gasteiger partial charge in [0.05, 0.1) is 6.20 Å². The Morgan fingerprint density at radius 3 is 2.46 bits per heavy atom. The van der Waals surface area contributed by atoms with Crippen molar-refractivity contribution in [2.75, 3.05) is 31.1 Å². The number of H-pyrrole nitrogens is 1. The van der Waals surface area contributed by atoms with Gasteiger partial charge in [-0.25, -0.2) is 9.97 Å². The molecule has 0 radical (unpaired) electrons. The summed E-state index contributed by atoms with van der Waals surface area (Å²) in [5.41, 5.74) is 4.92. The van der Waals surface area contributed by atoms with Crippen LogP contribution in [0.4, 0.5) is 5.95 Å². The molecular formula is C20H24N6. The molecule has 0 spiro atoms. The van der Waals surface area contributed by atoms with E-state index in [0.717, 1.165) is 50.7 Å². The molecule has 1 fully saturated rings. The molecule has 134 valence electrons. The number of aromatic nitrogens is 4. The van der Waals surface area contributed by atoms with Gasteiger partial charge in [-0.15, -0.1) is 0 Å². The van der Waals surface area contributed by atoms with Gasteiger partial charge in [-0.05, 0) is 23.1 Å². The van der Waals surface area contributed by atoms with Crippen LogP contribution in [0.25, 0.3) is 11.1 Å². The van der Waals surface area contributed by atoms with Crippen LogP contribution < -0.4 is 4.90 Å². The zero-order valence-corrected chi connectivity index (χ0v) is 15.1. The third kappa shape index (κ3) is 3.60. The molecule has 1 aromatic carbocycles.